The number of nitrogens with one attached hydrogen (secondary N) is 1. The number of hydrogen-bond donors (Lipinski definition) is 1. The summed E-state index contributed by atoms with van der Waals surface area (Å²) in [6.45, 7) is 4.20. The van der Waals surface area contributed by atoms with Gasteiger partial charge in [-0.15, -0.1) is 12.4 Å². The van der Waals surface area contributed by atoms with E-state index in [4.69, 9.17) is 37.4 Å². The SMILES string of the molecule is CCOc1cccc(CNCc2ccc(OC)cc2)c1OCc1ccc(Cl)cc1Cl.Cl. The molecule has 0 aromatic heterocycles. The van der Waals surface area contributed by atoms with Gasteiger partial charge in [0.05, 0.1) is 13.7 Å². The summed E-state index contributed by atoms with van der Waals surface area (Å²) in [5.41, 5.74) is 3.05. The van der Waals surface area contributed by atoms with E-state index in [1.807, 2.05) is 55.5 Å². The van der Waals surface area contributed by atoms with Gasteiger partial charge in [-0.3, -0.25) is 0 Å². The Bertz CT molecular complexity index is 965. The third-order valence-electron chi connectivity index (χ3n) is 4.55. The molecule has 0 heterocycles. The highest BCUT2D eigenvalue weighted by atomic mass is 35.5. The average molecular weight is 483 g/mol. The molecule has 3 aromatic rings. The van der Waals surface area contributed by atoms with Crippen molar-refractivity contribution in [3.8, 4) is 17.2 Å². The van der Waals surface area contributed by atoms with Crippen LogP contribution in [0.2, 0.25) is 10.0 Å². The first kappa shape index (κ1) is 25.2. The first-order chi connectivity index (χ1) is 14.6. The standard InChI is InChI=1S/C24H25Cl2NO3.ClH/c1-3-29-23-6-4-5-18(15-27-14-17-7-11-21(28-2)12-8-17)24(23)30-16-19-9-10-20(25)13-22(19)26;/h4-13,27H,3,14-16H2,1-2H3;1H. The number of halogens is 3. The highest BCUT2D eigenvalue weighted by molar-refractivity contribution is 6.35. The van der Waals surface area contributed by atoms with Crippen LogP contribution < -0.4 is 19.5 Å². The number of methoxy groups -OCH3 is 1. The lowest BCUT2D eigenvalue weighted by molar-refractivity contribution is 0.266. The van der Waals surface area contributed by atoms with Crippen LogP contribution in [0.5, 0.6) is 17.2 Å². The normalized spacial score (nSPS) is 10.3. The molecule has 3 rings (SSSR count). The summed E-state index contributed by atoms with van der Waals surface area (Å²) in [6.07, 6.45) is 0. The van der Waals surface area contributed by atoms with E-state index >= 15 is 0 Å². The molecule has 0 spiro atoms. The minimum absolute atomic E-state index is 0. The molecule has 3 aromatic carbocycles. The Morgan fingerprint density at radius 2 is 1.65 bits per heavy atom. The quantitative estimate of drug-likeness (QED) is 0.349. The van der Waals surface area contributed by atoms with E-state index in [1.54, 1.807) is 19.2 Å². The Hall–Kier alpha value is -2.11. The summed E-state index contributed by atoms with van der Waals surface area (Å²) >= 11 is 12.3. The molecule has 0 aliphatic rings. The largest absolute Gasteiger partial charge is 0.497 e. The zero-order valence-corrected chi connectivity index (χ0v) is 19.8. The van der Waals surface area contributed by atoms with E-state index in [2.05, 4.69) is 5.32 Å². The molecule has 0 bridgehead atoms. The summed E-state index contributed by atoms with van der Waals surface area (Å²) in [5, 5.41) is 4.64. The third-order valence-corrected chi connectivity index (χ3v) is 5.14. The van der Waals surface area contributed by atoms with Gasteiger partial charge in [0.15, 0.2) is 11.5 Å². The van der Waals surface area contributed by atoms with Gasteiger partial charge in [-0.2, -0.15) is 0 Å². The summed E-state index contributed by atoms with van der Waals surface area (Å²) < 4.78 is 17.1. The monoisotopic (exact) mass is 481 g/mol. The number of benzene rings is 3. The van der Waals surface area contributed by atoms with Gasteiger partial charge in [-0.25, -0.2) is 0 Å². The maximum atomic E-state index is 6.29. The second-order valence-corrected chi connectivity index (χ2v) is 7.50. The van der Waals surface area contributed by atoms with E-state index in [0.29, 0.717) is 41.3 Å². The van der Waals surface area contributed by atoms with Gasteiger partial charge < -0.3 is 19.5 Å². The fourth-order valence-electron chi connectivity index (χ4n) is 3.01. The molecule has 0 aliphatic heterocycles. The predicted octanol–water partition coefficient (Wildman–Crippen LogP) is 6.69. The Labute approximate surface area is 199 Å². The Kier molecular flexibility index (Phi) is 10.3. The van der Waals surface area contributed by atoms with Gasteiger partial charge in [-0.1, -0.05) is 53.5 Å². The van der Waals surface area contributed by atoms with Crippen LogP contribution in [0.25, 0.3) is 0 Å². The van der Waals surface area contributed by atoms with Crippen molar-refractivity contribution in [1.82, 2.24) is 5.32 Å². The predicted molar refractivity (Wildman–Crippen MR) is 129 cm³/mol. The lowest BCUT2D eigenvalue weighted by atomic mass is 10.1. The van der Waals surface area contributed by atoms with Crippen molar-refractivity contribution in [2.45, 2.75) is 26.6 Å². The maximum absolute atomic E-state index is 6.29. The minimum Gasteiger partial charge on any atom is -0.497 e. The number of para-hydroxylation sites is 1. The van der Waals surface area contributed by atoms with E-state index in [1.165, 1.54) is 5.56 Å². The van der Waals surface area contributed by atoms with Crippen molar-refractivity contribution in [3.05, 3.63) is 87.4 Å². The zero-order valence-electron chi connectivity index (χ0n) is 17.5. The molecule has 0 atom stereocenters. The molecular formula is C24H26Cl3NO3. The molecule has 0 amide bonds. The summed E-state index contributed by atoms with van der Waals surface area (Å²) in [6, 6.07) is 19.3. The highest BCUT2D eigenvalue weighted by Crippen LogP contribution is 2.33. The van der Waals surface area contributed by atoms with Gasteiger partial charge in [0.25, 0.3) is 0 Å². The molecule has 0 saturated heterocycles. The van der Waals surface area contributed by atoms with Crippen LogP contribution in [0.4, 0.5) is 0 Å². The van der Waals surface area contributed by atoms with Gasteiger partial charge >= 0.3 is 0 Å². The second-order valence-electron chi connectivity index (χ2n) is 6.65. The van der Waals surface area contributed by atoms with Gasteiger partial charge in [0.1, 0.15) is 12.4 Å². The third kappa shape index (κ3) is 7.22. The molecule has 0 radical (unpaired) electrons. The summed E-state index contributed by atoms with van der Waals surface area (Å²) in [5.74, 6) is 2.28. The number of hydrogen-bond acceptors (Lipinski definition) is 4. The lowest BCUT2D eigenvalue weighted by Gasteiger charge is -2.17. The first-order valence-electron chi connectivity index (χ1n) is 9.75. The van der Waals surface area contributed by atoms with Gasteiger partial charge in [0, 0.05) is 34.3 Å². The molecule has 0 unspecified atom stereocenters. The van der Waals surface area contributed by atoms with Gasteiger partial charge in [0.2, 0.25) is 0 Å². The average Bonchev–Trinajstić information content (AvgIpc) is 2.75. The Morgan fingerprint density at radius 3 is 2.32 bits per heavy atom. The molecule has 31 heavy (non-hydrogen) atoms. The van der Waals surface area contributed by atoms with Crippen LogP contribution in [0.3, 0.4) is 0 Å². The van der Waals surface area contributed by atoms with Crippen LogP contribution in [0.15, 0.2) is 60.7 Å². The maximum Gasteiger partial charge on any atom is 0.166 e. The summed E-state index contributed by atoms with van der Waals surface area (Å²) in [7, 11) is 1.66. The van der Waals surface area contributed by atoms with Crippen molar-refractivity contribution < 1.29 is 14.2 Å². The molecule has 0 saturated carbocycles. The van der Waals surface area contributed by atoms with E-state index in [9.17, 15) is 0 Å². The number of ether oxygens (including phenoxy) is 3. The van der Waals surface area contributed by atoms with Crippen molar-refractivity contribution in [1.29, 1.82) is 0 Å². The molecule has 7 heteroatoms. The molecule has 1 N–H and O–H groups in total. The van der Waals surface area contributed by atoms with Crippen LogP contribution in [-0.4, -0.2) is 13.7 Å². The van der Waals surface area contributed by atoms with Crippen LogP contribution in [-0.2, 0) is 19.7 Å². The zero-order chi connectivity index (χ0) is 21.3. The molecule has 0 aliphatic carbocycles. The topological polar surface area (TPSA) is 39.7 Å². The molecule has 0 fully saturated rings. The van der Waals surface area contributed by atoms with Crippen LogP contribution in [0.1, 0.15) is 23.6 Å². The highest BCUT2D eigenvalue weighted by Gasteiger charge is 2.12. The smallest absolute Gasteiger partial charge is 0.166 e. The number of rotatable bonds is 10. The minimum atomic E-state index is 0. The van der Waals surface area contributed by atoms with Gasteiger partial charge in [-0.05, 0) is 42.8 Å². The van der Waals surface area contributed by atoms with E-state index in [-0.39, 0.29) is 12.4 Å². The van der Waals surface area contributed by atoms with Crippen molar-refractivity contribution in [2.75, 3.05) is 13.7 Å². The molecule has 4 nitrogen and oxygen atoms in total. The fourth-order valence-corrected chi connectivity index (χ4v) is 3.47. The van der Waals surface area contributed by atoms with Crippen LogP contribution >= 0.6 is 35.6 Å². The Balaban J connectivity index is 0.00000341. The lowest BCUT2D eigenvalue weighted by Crippen LogP contribution is -2.14. The van der Waals surface area contributed by atoms with Crippen molar-refractivity contribution in [2.24, 2.45) is 0 Å². The molecule has 166 valence electrons. The van der Waals surface area contributed by atoms with Crippen LogP contribution in [0, 0.1) is 0 Å². The Morgan fingerprint density at radius 1 is 0.871 bits per heavy atom. The second kappa shape index (κ2) is 12.7. The van der Waals surface area contributed by atoms with E-state index in [0.717, 1.165) is 23.4 Å². The summed E-state index contributed by atoms with van der Waals surface area (Å²) in [4.78, 5) is 0. The molecular weight excluding hydrogens is 457 g/mol. The first-order valence-corrected chi connectivity index (χ1v) is 10.5. The van der Waals surface area contributed by atoms with Crippen molar-refractivity contribution >= 4 is 35.6 Å². The van der Waals surface area contributed by atoms with E-state index < -0.39 is 0 Å². The van der Waals surface area contributed by atoms with Crippen molar-refractivity contribution in [3.63, 3.8) is 0 Å². The fraction of sp³-hybridized carbons (Fsp3) is 0.250.